The first-order valence-corrected chi connectivity index (χ1v) is 5.05. The summed E-state index contributed by atoms with van der Waals surface area (Å²) >= 11 is 0. The van der Waals surface area contributed by atoms with Crippen LogP contribution in [0.4, 0.5) is 0 Å². The monoisotopic (exact) mass is 210 g/mol. The van der Waals surface area contributed by atoms with Gasteiger partial charge in [0, 0.05) is 18.5 Å². The third-order valence-electron chi connectivity index (χ3n) is 2.52. The van der Waals surface area contributed by atoms with Gasteiger partial charge < -0.3 is 0 Å². The maximum absolute atomic E-state index is 4.43. The van der Waals surface area contributed by atoms with E-state index in [0.717, 1.165) is 16.3 Å². The zero-order chi connectivity index (χ0) is 11.0. The number of fused-ring (bicyclic) bond motifs is 1. The fourth-order valence-electron chi connectivity index (χ4n) is 1.83. The van der Waals surface area contributed by atoms with Crippen LogP contribution < -0.4 is 15.7 Å². The van der Waals surface area contributed by atoms with Gasteiger partial charge >= 0.3 is 5.36 Å². The average molecular weight is 210 g/mol. The van der Waals surface area contributed by atoms with E-state index < -0.39 is 0 Å². The fourth-order valence-corrected chi connectivity index (χ4v) is 1.83. The van der Waals surface area contributed by atoms with Crippen LogP contribution in [0.25, 0.3) is 5.70 Å². The second-order valence-corrected chi connectivity index (χ2v) is 3.56. The van der Waals surface area contributed by atoms with E-state index in [1.165, 1.54) is 0 Å². The molecule has 1 aliphatic heterocycles. The summed E-state index contributed by atoms with van der Waals surface area (Å²) in [5.41, 5.74) is 0.955. The molecule has 1 radical (unpaired) electrons. The molecule has 4 nitrogen and oxygen atoms in total. The number of hydrogen-bond donors (Lipinski definition) is 0. The van der Waals surface area contributed by atoms with Gasteiger partial charge in [-0.1, -0.05) is 17.1 Å². The van der Waals surface area contributed by atoms with Crippen molar-refractivity contribution in [3.8, 4) is 0 Å². The normalized spacial score (nSPS) is 13.6. The quantitative estimate of drug-likeness (QED) is 0.634. The molecule has 1 aromatic heterocycles. The summed E-state index contributed by atoms with van der Waals surface area (Å²) in [5, 5.41) is 8.29. The Hall–Kier alpha value is -2.23. The molecule has 0 aliphatic carbocycles. The van der Waals surface area contributed by atoms with Crippen LogP contribution in [0.1, 0.15) is 5.82 Å². The Kier molecular flexibility index (Phi) is 1.93. The van der Waals surface area contributed by atoms with E-state index in [0.29, 0.717) is 5.82 Å². The van der Waals surface area contributed by atoms with Gasteiger partial charge in [0.05, 0.1) is 12.3 Å². The van der Waals surface area contributed by atoms with Crippen molar-refractivity contribution < 1.29 is 0 Å². The van der Waals surface area contributed by atoms with E-state index in [4.69, 9.17) is 0 Å². The Bertz CT molecular complexity index is 634. The van der Waals surface area contributed by atoms with Crippen molar-refractivity contribution >= 4 is 5.70 Å². The van der Waals surface area contributed by atoms with Crippen LogP contribution in [0.5, 0.6) is 0 Å². The second-order valence-electron chi connectivity index (χ2n) is 3.56. The third-order valence-corrected chi connectivity index (χ3v) is 2.52. The van der Waals surface area contributed by atoms with Crippen LogP contribution in [0.15, 0.2) is 42.7 Å². The van der Waals surface area contributed by atoms with E-state index in [2.05, 4.69) is 15.1 Å². The highest BCUT2D eigenvalue weighted by Gasteiger charge is 2.25. The molecule has 0 spiro atoms. The number of rotatable bonds is 1. The number of aromatic nitrogens is 2. The van der Waals surface area contributed by atoms with Gasteiger partial charge in [-0.05, 0) is 12.1 Å². The molecule has 0 N–H and O–H groups in total. The minimum absolute atomic E-state index is 0.707. The van der Waals surface area contributed by atoms with Gasteiger partial charge in [0.2, 0.25) is 0 Å². The van der Waals surface area contributed by atoms with Crippen molar-refractivity contribution in [1.29, 1.82) is 0 Å². The van der Waals surface area contributed by atoms with Gasteiger partial charge in [-0.15, -0.1) is 0 Å². The molecule has 4 heteroatoms. The maximum Gasteiger partial charge on any atom is 0.319 e. The molecule has 0 unspecified atom stereocenters. The van der Waals surface area contributed by atoms with Gasteiger partial charge in [0.25, 0.3) is 0 Å². The number of hydrogen-bond acceptors (Lipinski definition) is 4. The molecule has 2 heterocycles. The first-order valence-electron chi connectivity index (χ1n) is 5.05. The van der Waals surface area contributed by atoms with Gasteiger partial charge in [-0.25, -0.2) is 9.97 Å². The molecule has 0 bridgehead atoms. The van der Waals surface area contributed by atoms with E-state index in [9.17, 15) is 0 Å². The van der Waals surface area contributed by atoms with Crippen LogP contribution in [-0.4, -0.2) is 22.0 Å². The summed E-state index contributed by atoms with van der Waals surface area (Å²) in [6.45, 7) is 0. The predicted molar refractivity (Wildman–Crippen MR) is 59.2 cm³/mol. The molecule has 1 aliphatic rings. The minimum atomic E-state index is 0.707. The summed E-state index contributed by atoms with van der Waals surface area (Å²) in [4.78, 5) is 8.52. The van der Waals surface area contributed by atoms with Gasteiger partial charge in [-0.2, -0.15) is 0 Å². The van der Waals surface area contributed by atoms with Gasteiger partial charge in [0.1, 0.15) is 0 Å². The lowest BCUT2D eigenvalue weighted by molar-refractivity contribution is 0.441. The molecular formula is C12H10N4+. The van der Waals surface area contributed by atoms with E-state index in [1.807, 2.05) is 42.4 Å². The first kappa shape index (κ1) is 9.03. The SMILES string of the molecule is CN1[N+]=c2ccccc2=C1c1ncccn1. The van der Waals surface area contributed by atoms with Crippen molar-refractivity contribution in [2.45, 2.75) is 0 Å². The van der Waals surface area contributed by atoms with Crippen molar-refractivity contribution in [3.05, 3.63) is 59.1 Å². The number of nitrogens with zero attached hydrogens (tertiary/aromatic N) is 4. The number of benzene rings is 1. The zero-order valence-corrected chi connectivity index (χ0v) is 8.83. The van der Waals surface area contributed by atoms with E-state index in [-0.39, 0.29) is 0 Å². The van der Waals surface area contributed by atoms with E-state index in [1.54, 1.807) is 12.4 Å². The molecular weight excluding hydrogens is 200 g/mol. The van der Waals surface area contributed by atoms with Crippen molar-refractivity contribution in [2.75, 3.05) is 7.05 Å². The molecule has 3 rings (SSSR count). The standard InChI is InChI=1S/C12H10N4/c1-16-11(12-13-7-4-8-14-12)9-5-2-3-6-10(9)15-16/h2-8H,1H3/q+1. The lowest BCUT2D eigenvalue weighted by Gasteiger charge is -2.01. The molecule has 2 aromatic rings. The van der Waals surface area contributed by atoms with Crippen LogP contribution >= 0.6 is 0 Å². The highest BCUT2D eigenvalue weighted by atomic mass is 15.5. The summed E-state index contributed by atoms with van der Waals surface area (Å²) < 4.78 is 0. The highest BCUT2D eigenvalue weighted by molar-refractivity contribution is 5.58. The van der Waals surface area contributed by atoms with Gasteiger partial charge in [0.15, 0.2) is 16.6 Å². The predicted octanol–water partition coefficient (Wildman–Crippen LogP) is -0.551. The summed E-state index contributed by atoms with van der Waals surface area (Å²) in [6.07, 6.45) is 3.48. The minimum Gasteiger partial charge on any atom is -0.235 e. The van der Waals surface area contributed by atoms with Crippen LogP contribution in [0, 0.1) is 0 Å². The molecule has 1 aromatic carbocycles. The Labute approximate surface area is 92.6 Å². The molecule has 16 heavy (non-hydrogen) atoms. The Balaban J connectivity index is 2.34. The van der Waals surface area contributed by atoms with Crippen LogP contribution in [0.3, 0.4) is 0 Å². The molecule has 0 amide bonds. The average Bonchev–Trinajstić information content (AvgIpc) is 2.66. The highest BCUT2D eigenvalue weighted by Crippen LogP contribution is 2.07. The third kappa shape index (κ3) is 1.27. The molecule has 77 valence electrons. The fraction of sp³-hybridized carbons (Fsp3) is 0.0833. The van der Waals surface area contributed by atoms with Crippen molar-refractivity contribution in [3.63, 3.8) is 0 Å². The Morgan fingerprint density at radius 2 is 1.81 bits per heavy atom. The summed E-state index contributed by atoms with van der Waals surface area (Å²) in [7, 11) is 1.91. The van der Waals surface area contributed by atoms with Gasteiger partial charge in [-0.3, -0.25) is 0 Å². The largest absolute Gasteiger partial charge is 0.319 e. The molecule has 0 fully saturated rings. The lowest BCUT2D eigenvalue weighted by atomic mass is 10.2. The molecule has 0 atom stereocenters. The molecule has 0 saturated heterocycles. The van der Waals surface area contributed by atoms with E-state index >= 15 is 0 Å². The summed E-state index contributed by atoms with van der Waals surface area (Å²) in [5.74, 6) is 0.707. The second kappa shape index (κ2) is 3.41. The summed E-state index contributed by atoms with van der Waals surface area (Å²) in [6, 6.07) is 9.80. The first-order chi connectivity index (χ1) is 7.86. The molecule has 0 saturated carbocycles. The topological polar surface area (TPSA) is 43.1 Å². The zero-order valence-electron chi connectivity index (χ0n) is 8.83. The van der Waals surface area contributed by atoms with Crippen LogP contribution in [0.2, 0.25) is 0 Å². The lowest BCUT2D eigenvalue weighted by Crippen LogP contribution is -2.25. The van der Waals surface area contributed by atoms with Crippen molar-refractivity contribution in [2.24, 2.45) is 0 Å². The smallest absolute Gasteiger partial charge is 0.235 e. The van der Waals surface area contributed by atoms with Crippen molar-refractivity contribution in [1.82, 2.24) is 20.1 Å². The Morgan fingerprint density at radius 3 is 2.62 bits per heavy atom. The Morgan fingerprint density at radius 1 is 1.06 bits per heavy atom. The maximum atomic E-state index is 4.43. The van der Waals surface area contributed by atoms with Crippen LogP contribution in [-0.2, 0) is 0 Å².